The zero-order chi connectivity index (χ0) is 13.1. The molecule has 0 aliphatic carbocycles. The Kier molecular flexibility index (Phi) is 3.77. The van der Waals surface area contributed by atoms with Gasteiger partial charge in [0.25, 0.3) is 0 Å². The minimum absolute atomic E-state index is 0.442. The standard InChI is InChI=1S/C14H16N2OS/c1-10-4-3-7-16-13(10)9-18(17)14-6-5-12(15)8-11(14)2/h3-8H,9,15H2,1-2H3. The number of aromatic nitrogens is 1. The van der Waals surface area contributed by atoms with Crippen molar-refractivity contribution in [2.24, 2.45) is 0 Å². The Balaban J connectivity index is 2.25. The quantitative estimate of drug-likeness (QED) is 0.863. The average Bonchev–Trinajstić information content (AvgIpc) is 2.32. The molecule has 1 aromatic heterocycles. The third kappa shape index (κ3) is 2.76. The zero-order valence-corrected chi connectivity index (χ0v) is 11.3. The van der Waals surface area contributed by atoms with Gasteiger partial charge in [-0.15, -0.1) is 0 Å². The largest absolute Gasteiger partial charge is 0.399 e. The second-order valence-corrected chi connectivity index (χ2v) is 5.70. The molecule has 0 radical (unpaired) electrons. The number of hydrogen-bond donors (Lipinski definition) is 1. The Morgan fingerprint density at radius 2 is 2.00 bits per heavy atom. The number of anilines is 1. The van der Waals surface area contributed by atoms with E-state index in [-0.39, 0.29) is 0 Å². The van der Waals surface area contributed by atoms with E-state index in [1.807, 2.05) is 38.1 Å². The number of nitrogens with two attached hydrogens (primary N) is 1. The van der Waals surface area contributed by atoms with E-state index in [0.29, 0.717) is 11.4 Å². The van der Waals surface area contributed by atoms with Gasteiger partial charge in [0, 0.05) is 16.8 Å². The number of hydrogen-bond acceptors (Lipinski definition) is 3. The first-order valence-corrected chi connectivity index (χ1v) is 7.05. The molecule has 1 heterocycles. The van der Waals surface area contributed by atoms with Crippen molar-refractivity contribution in [3.8, 4) is 0 Å². The maximum atomic E-state index is 12.3. The van der Waals surface area contributed by atoms with Gasteiger partial charge in [-0.25, -0.2) is 0 Å². The first kappa shape index (κ1) is 12.8. The van der Waals surface area contributed by atoms with Crippen molar-refractivity contribution in [3.05, 3.63) is 53.3 Å². The van der Waals surface area contributed by atoms with Crippen molar-refractivity contribution in [3.63, 3.8) is 0 Å². The lowest BCUT2D eigenvalue weighted by Gasteiger charge is -2.08. The summed E-state index contributed by atoms with van der Waals surface area (Å²) in [6, 6.07) is 9.33. The summed E-state index contributed by atoms with van der Waals surface area (Å²) in [6.07, 6.45) is 1.73. The van der Waals surface area contributed by atoms with Crippen LogP contribution in [0.4, 0.5) is 5.69 Å². The monoisotopic (exact) mass is 260 g/mol. The van der Waals surface area contributed by atoms with Crippen LogP contribution in [-0.2, 0) is 16.6 Å². The second kappa shape index (κ2) is 5.31. The molecule has 0 spiro atoms. The molecule has 1 atom stereocenters. The fourth-order valence-corrected chi connectivity index (χ4v) is 3.14. The van der Waals surface area contributed by atoms with Crippen molar-refractivity contribution < 1.29 is 4.21 Å². The lowest BCUT2D eigenvalue weighted by Crippen LogP contribution is -2.02. The van der Waals surface area contributed by atoms with Crippen LogP contribution in [0.25, 0.3) is 0 Å². The van der Waals surface area contributed by atoms with Gasteiger partial charge in [-0.1, -0.05) is 6.07 Å². The molecule has 4 heteroatoms. The Labute approximate surface area is 110 Å². The summed E-state index contributed by atoms with van der Waals surface area (Å²) in [5.74, 6) is 0.442. The Bertz CT molecular complexity index is 596. The van der Waals surface area contributed by atoms with Gasteiger partial charge in [-0.05, 0) is 49.2 Å². The van der Waals surface area contributed by atoms with Gasteiger partial charge in [0.1, 0.15) is 0 Å². The Morgan fingerprint density at radius 3 is 2.67 bits per heavy atom. The highest BCUT2D eigenvalue weighted by Crippen LogP contribution is 2.19. The summed E-state index contributed by atoms with van der Waals surface area (Å²) in [5, 5.41) is 0. The lowest BCUT2D eigenvalue weighted by atomic mass is 10.2. The molecule has 1 aromatic carbocycles. The van der Waals surface area contributed by atoms with Gasteiger partial charge in [-0.2, -0.15) is 0 Å². The highest BCUT2D eigenvalue weighted by Gasteiger charge is 2.10. The number of nitrogens with zero attached hydrogens (tertiary/aromatic N) is 1. The number of benzene rings is 1. The molecule has 94 valence electrons. The minimum Gasteiger partial charge on any atom is -0.399 e. The maximum Gasteiger partial charge on any atom is 0.0708 e. The molecule has 18 heavy (non-hydrogen) atoms. The lowest BCUT2D eigenvalue weighted by molar-refractivity contribution is 0.681. The van der Waals surface area contributed by atoms with Gasteiger partial charge < -0.3 is 5.73 Å². The van der Waals surface area contributed by atoms with E-state index in [4.69, 9.17) is 5.73 Å². The van der Waals surface area contributed by atoms with E-state index in [9.17, 15) is 4.21 Å². The van der Waals surface area contributed by atoms with E-state index >= 15 is 0 Å². The van der Waals surface area contributed by atoms with Crippen molar-refractivity contribution in [2.45, 2.75) is 24.5 Å². The fraction of sp³-hybridized carbons (Fsp3) is 0.214. The summed E-state index contributed by atoms with van der Waals surface area (Å²) in [7, 11) is -1.08. The Hall–Kier alpha value is -1.68. The van der Waals surface area contributed by atoms with E-state index < -0.39 is 10.8 Å². The van der Waals surface area contributed by atoms with E-state index in [1.165, 1.54) is 0 Å². The molecule has 0 aliphatic heterocycles. The van der Waals surface area contributed by atoms with E-state index in [1.54, 1.807) is 12.3 Å². The van der Waals surface area contributed by atoms with E-state index in [2.05, 4.69) is 4.98 Å². The van der Waals surface area contributed by atoms with E-state index in [0.717, 1.165) is 21.7 Å². The molecule has 0 amide bonds. The Morgan fingerprint density at radius 1 is 1.22 bits per heavy atom. The SMILES string of the molecule is Cc1cc(N)ccc1S(=O)Cc1ncccc1C. The van der Waals surface area contributed by atoms with Crippen molar-refractivity contribution in [1.82, 2.24) is 4.98 Å². The smallest absolute Gasteiger partial charge is 0.0708 e. The van der Waals surface area contributed by atoms with Crippen LogP contribution in [0.5, 0.6) is 0 Å². The summed E-state index contributed by atoms with van der Waals surface area (Å²) in [5.41, 5.74) is 9.30. The molecule has 0 saturated heterocycles. The van der Waals surface area contributed by atoms with Crippen molar-refractivity contribution in [1.29, 1.82) is 0 Å². The van der Waals surface area contributed by atoms with Crippen LogP contribution in [0.1, 0.15) is 16.8 Å². The van der Waals surface area contributed by atoms with Gasteiger partial charge in [0.2, 0.25) is 0 Å². The second-order valence-electron chi connectivity index (χ2n) is 4.28. The molecule has 2 N–H and O–H groups in total. The number of pyridine rings is 1. The first-order chi connectivity index (χ1) is 8.58. The third-order valence-corrected chi connectivity index (χ3v) is 4.31. The highest BCUT2D eigenvalue weighted by atomic mass is 32.2. The average molecular weight is 260 g/mol. The molecule has 1 unspecified atom stereocenters. The van der Waals surface area contributed by atoms with Crippen LogP contribution >= 0.6 is 0 Å². The van der Waals surface area contributed by atoms with Crippen molar-refractivity contribution in [2.75, 3.05) is 5.73 Å². The molecule has 0 fully saturated rings. The third-order valence-electron chi connectivity index (χ3n) is 2.83. The molecule has 3 nitrogen and oxygen atoms in total. The summed E-state index contributed by atoms with van der Waals surface area (Å²) >= 11 is 0. The van der Waals surface area contributed by atoms with Crippen LogP contribution in [-0.4, -0.2) is 9.19 Å². The van der Waals surface area contributed by atoms with Crippen LogP contribution < -0.4 is 5.73 Å². The molecular formula is C14H16N2OS. The summed E-state index contributed by atoms with van der Waals surface area (Å²) in [4.78, 5) is 5.10. The molecule has 0 bridgehead atoms. The maximum absolute atomic E-state index is 12.3. The minimum atomic E-state index is -1.08. The van der Waals surface area contributed by atoms with Gasteiger partial charge in [0.05, 0.1) is 22.2 Å². The fourth-order valence-electron chi connectivity index (χ4n) is 1.80. The topological polar surface area (TPSA) is 56.0 Å². The van der Waals surface area contributed by atoms with Gasteiger partial charge in [0.15, 0.2) is 0 Å². The molecular weight excluding hydrogens is 244 g/mol. The summed E-state index contributed by atoms with van der Waals surface area (Å²) < 4.78 is 12.3. The number of nitrogen functional groups attached to an aromatic ring is 1. The molecule has 2 aromatic rings. The van der Waals surface area contributed by atoms with Crippen molar-refractivity contribution >= 4 is 16.5 Å². The predicted molar refractivity (Wildman–Crippen MR) is 74.7 cm³/mol. The first-order valence-electron chi connectivity index (χ1n) is 5.73. The van der Waals surface area contributed by atoms with Gasteiger partial charge in [-0.3, -0.25) is 9.19 Å². The van der Waals surface area contributed by atoms with Crippen LogP contribution in [0.2, 0.25) is 0 Å². The number of aryl methyl sites for hydroxylation is 2. The van der Waals surface area contributed by atoms with Gasteiger partial charge >= 0.3 is 0 Å². The normalized spacial score (nSPS) is 12.3. The van der Waals surface area contributed by atoms with Crippen LogP contribution in [0, 0.1) is 13.8 Å². The molecule has 2 rings (SSSR count). The predicted octanol–water partition coefficient (Wildman–Crippen LogP) is 2.59. The van der Waals surface area contributed by atoms with Crippen LogP contribution in [0.15, 0.2) is 41.4 Å². The zero-order valence-electron chi connectivity index (χ0n) is 10.5. The van der Waals surface area contributed by atoms with Crippen LogP contribution in [0.3, 0.4) is 0 Å². The number of rotatable bonds is 3. The summed E-state index contributed by atoms with van der Waals surface area (Å²) in [6.45, 7) is 3.91. The highest BCUT2D eigenvalue weighted by molar-refractivity contribution is 7.84. The molecule has 0 saturated carbocycles. The molecule has 0 aliphatic rings.